The van der Waals surface area contributed by atoms with Gasteiger partial charge >= 0.3 is 0 Å². The van der Waals surface area contributed by atoms with Crippen LogP contribution in [0.5, 0.6) is 0 Å². The van der Waals surface area contributed by atoms with Gasteiger partial charge in [0, 0.05) is 12.6 Å². The topological polar surface area (TPSA) is 72.3 Å². The van der Waals surface area contributed by atoms with Crippen molar-refractivity contribution in [2.24, 2.45) is 17.4 Å². The summed E-state index contributed by atoms with van der Waals surface area (Å²) in [5.41, 5.74) is 10.9. The van der Waals surface area contributed by atoms with Gasteiger partial charge in [-0.05, 0) is 20.0 Å². The van der Waals surface area contributed by atoms with Gasteiger partial charge in [-0.25, -0.2) is 0 Å². The fraction of sp³-hybridized carbons (Fsp3) is 0.857. The third-order valence-electron chi connectivity index (χ3n) is 2.23. The summed E-state index contributed by atoms with van der Waals surface area (Å²) in [6, 6.07) is -0.0775. The van der Waals surface area contributed by atoms with Crippen LogP contribution in [-0.4, -0.2) is 37.0 Å². The Bertz CT molecular complexity index is 160. The lowest BCUT2D eigenvalue weighted by Crippen LogP contribution is -2.51. The Kier molecular flexibility index (Phi) is 2.46. The smallest absolute Gasteiger partial charge is 0.222 e. The zero-order chi connectivity index (χ0) is 8.43. The van der Waals surface area contributed by atoms with Gasteiger partial charge in [0.1, 0.15) is 0 Å². The van der Waals surface area contributed by atoms with E-state index in [1.54, 1.807) is 0 Å². The third-order valence-corrected chi connectivity index (χ3v) is 2.23. The normalized spacial score (nSPS) is 33.6. The Balaban J connectivity index is 2.50. The van der Waals surface area contributed by atoms with E-state index in [9.17, 15) is 4.79 Å². The molecule has 2 atom stereocenters. The monoisotopic (exact) mass is 157 g/mol. The van der Waals surface area contributed by atoms with Crippen LogP contribution in [0.15, 0.2) is 0 Å². The molecule has 0 unspecified atom stereocenters. The number of nitrogens with two attached hydrogens (primary N) is 2. The van der Waals surface area contributed by atoms with Crippen molar-refractivity contribution in [2.75, 3.05) is 20.1 Å². The molecular formula is C7H15N3O. The van der Waals surface area contributed by atoms with Crippen LogP contribution in [0.1, 0.15) is 6.42 Å². The second-order valence-corrected chi connectivity index (χ2v) is 3.22. The number of rotatable bonds is 1. The lowest BCUT2D eigenvalue weighted by atomic mass is 9.92. The molecule has 0 saturated carbocycles. The van der Waals surface area contributed by atoms with Gasteiger partial charge in [-0.2, -0.15) is 0 Å². The van der Waals surface area contributed by atoms with E-state index < -0.39 is 0 Å². The van der Waals surface area contributed by atoms with Gasteiger partial charge in [-0.15, -0.1) is 0 Å². The first-order chi connectivity index (χ1) is 5.11. The van der Waals surface area contributed by atoms with Crippen molar-refractivity contribution in [3.63, 3.8) is 0 Å². The molecule has 1 aliphatic heterocycles. The van der Waals surface area contributed by atoms with Crippen LogP contribution in [0.2, 0.25) is 0 Å². The average Bonchev–Trinajstić information content (AvgIpc) is 1.85. The second-order valence-electron chi connectivity index (χ2n) is 3.22. The summed E-state index contributed by atoms with van der Waals surface area (Å²) in [4.78, 5) is 12.9. The van der Waals surface area contributed by atoms with E-state index in [1.165, 1.54) is 0 Å². The number of nitrogens with zero attached hydrogens (tertiary/aromatic N) is 1. The third kappa shape index (κ3) is 1.91. The Morgan fingerprint density at radius 2 is 2.27 bits per heavy atom. The van der Waals surface area contributed by atoms with Crippen molar-refractivity contribution >= 4 is 5.91 Å². The molecule has 0 spiro atoms. The minimum absolute atomic E-state index is 0.0775. The molecule has 0 bridgehead atoms. The lowest BCUT2D eigenvalue weighted by Gasteiger charge is -2.32. The molecule has 4 heteroatoms. The van der Waals surface area contributed by atoms with E-state index >= 15 is 0 Å². The fourth-order valence-electron chi connectivity index (χ4n) is 1.51. The Morgan fingerprint density at radius 3 is 2.73 bits per heavy atom. The number of hydrogen-bond acceptors (Lipinski definition) is 3. The molecule has 1 aliphatic rings. The van der Waals surface area contributed by atoms with Gasteiger partial charge in [0.15, 0.2) is 0 Å². The van der Waals surface area contributed by atoms with Crippen LogP contribution < -0.4 is 11.5 Å². The van der Waals surface area contributed by atoms with Crippen molar-refractivity contribution < 1.29 is 4.79 Å². The van der Waals surface area contributed by atoms with Crippen LogP contribution in [0, 0.1) is 5.92 Å². The maximum Gasteiger partial charge on any atom is 0.222 e. The predicted octanol–water partition coefficient (Wildman–Crippen LogP) is -1.25. The van der Waals surface area contributed by atoms with Crippen LogP contribution >= 0.6 is 0 Å². The fourth-order valence-corrected chi connectivity index (χ4v) is 1.51. The number of likely N-dealkylation sites (N-methyl/N-ethyl adjacent to an activating group) is 1. The largest absolute Gasteiger partial charge is 0.369 e. The Labute approximate surface area is 66.5 Å². The van der Waals surface area contributed by atoms with Crippen molar-refractivity contribution in [1.82, 2.24) is 4.90 Å². The van der Waals surface area contributed by atoms with E-state index in [0.717, 1.165) is 19.5 Å². The molecule has 0 aromatic heterocycles. The highest BCUT2D eigenvalue weighted by atomic mass is 16.1. The summed E-state index contributed by atoms with van der Waals surface area (Å²) in [6.45, 7) is 1.69. The van der Waals surface area contributed by atoms with Crippen LogP contribution in [0.25, 0.3) is 0 Å². The summed E-state index contributed by atoms with van der Waals surface area (Å²) in [7, 11) is 2.00. The molecule has 64 valence electrons. The van der Waals surface area contributed by atoms with E-state index in [2.05, 4.69) is 4.90 Å². The van der Waals surface area contributed by atoms with Crippen molar-refractivity contribution in [1.29, 1.82) is 0 Å². The minimum Gasteiger partial charge on any atom is -0.369 e. The predicted molar refractivity (Wildman–Crippen MR) is 42.8 cm³/mol. The Morgan fingerprint density at radius 1 is 1.64 bits per heavy atom. The number of carbonyl (C=O) groups excluding carboxylic acids is 1. The van der Waals surface area contributed by atoms with Gasteiger partial charge < -0.3 is 16.4 Å². The summed E-state index contributed by atoms with van der Waals surface area (Å²) >= 11 is 0. The lowest BCUT2D eigenvalue weighted by molar-refractivity contribution is -0.123. The number of likely N-dealkylation sites (tertiary alicyclic amines) is 1. The molecule has 1 heterocycles. The van der Waals surface area contributed by atoms with Crippen molar-refractivity contribution in [3.8, 4) is 0 Å². The summed E-state index contributed by atoms with van der Waals surface area (Å²) in [5.74, 6) is -0.378. The summed E-state index contributed by atoms with van der Waals surface area (Å²) < 4.78 is 0. The molecule has 0 aromatic rings. The van der Waals surface area contributed by atoms with Crippen molar-refractivity contribution in [3.05, 3.63) is 0 Å². The van der Waals surface area contributed by atoms with Crippen LogP contribution in [0.3, 0.4) is 0 Å². The second kappa shape index (κ2) is 3.19. The van der Waals surface area contributed by atoms with E-state index in [0.29, 0.717) is 0 Å². The number of hydrogen-bond donors (Lipinski definition) is 2. The summed E-state index contributed by atoms with van der Waals surface area (Å²) in [6.07, 6.45) is 0.799. The molecule has 1 amide bonds. The molecule has 1 saturated heterocycles. The first-order valence-electron chi connectivity index (χ1n) is 3.84. The SMILES string of the molecule is CN1CC[C@@H](C(N)=O)[C@@H](N)C1. The van der Waals surface area contributed by atoms with Gasteiger partial charge in [-0.1, -0.05) is 0 Å². The van der Waals surface area contributed by atoms with Crippen molar-refractivity contribution in [2.45, 2.75) is 12.5 Å². The number of carbonyl (C=O) groups is 1. The van der Waals surface area contributed by atoms with E-state index in [-0.39, 0.29) is 17.9 Å². The summed E-state index contributed by atoms with van der Waals surface area (Å²) in [5, 5.41) is 0. The van der Waals surface area contributed by atoms with E-state index in [4.69, 9.17) is 11.5 Å². The highest BCUT2D eigenvalue weighted by Crippen LogP contribution is 2.13. The zero-order valence-corrected chi connectivity index (χ0v) is 6.79. The number of amides is 1. The molecule has 4 N–H and O–H groups in total. The molecule has 1 rings (SSSR count). The molecule has 1 fully saturated rings. The van der Waals surface area contributed by atoms with E-state index in [1.807, 2.05) is 7.05 Å². The minimum atomic E-state index is -0.259. The Hall–Kier alpha value is -0.610. The molecule has 4 nitrogen and oxygen atoms in total. The van der Waals surface area contributed by atoms with Gasteiger partial charge in [0.25, 0.3) is 0 Å². The highest BCUT2D eigenvalue weighted by Gasteiger charge is 2.28. The molecule has 11 heavy (non-hydrogen) atoms. The maximum atomic E-state index is 10.8. The molecule has 0 aromatic carbocycles. The maximum absolute atomic E-state index is 10.8. The molecule has 0 aliphatic carbocycles. The van der Waals surface area contributed by atoms with Crippen LogP contribution in [0.4, 0.5) is 0 Å². The highest BCUT2D eigenvalue weighted by molar-refractivity contribution is 5.77. The molecular weight excluding hydrogens is 142 g/mol. The standard InChI is InChI=1S/C7H15N3O/c1-10-3-2-5(7(9)11)6(8)4-10/h5-6H,2-4,8H2,1H3,(H2,9,11)/t5-,6+/m1/s1. The number of piperidine rings is 1. The van der Waals surface area contributed by atoms with Gasteiger partial charge in [-0.3, -0.25) is 4.79 Å². The number of primary amides is 1. The van der Waals surface area contributed by atoms with Crippen LogP contribution in [-0.2, 0) is 4.79 Å². The molecule has 0 radical (unpaired) electrons. The average molecular weight is 157 g/mol. The van der Waals surface area contributed by atoms with Gasteiger partial charge in [0.05, 0.1) is 5.92 Å². The quantitative estimate of drug-likeness (QED) is 0.499. The van der Waals surface area contributed by atoms with Gasteiger partial charge in [0.2, 0.25) is 5.91 Å². The first kappa shape index (κ1) is 8.49. The zero-order valence-electron chi connectivity index (χ0n) is 6.79. The first-order valence-corrected chi connectivity index (χ1v) is 3.84.